The van der Waals surface area contributed by atoms with Gasteiger partial charge < -0.3 is 5.32 Å². The first kappa shape index (κ1) is 12.1. The van der Waals surface area contributed by atoms with Crippen molar-refractivity contribution >= 4 is 23.2 Å². The molecule has 0 bridgehead atoms. The monoisotopic (exact) mass is 260 g/mol. The van der Waals surface area contributed by atoms with Crippen LogP contribution in [0.2, 0.25) is 5.02 Å². The second kappa shape index (κ2) is 4.90. The van der Waals surface area contributed by atoms with Crippen molar-refractivity contribution in [2.75, 3.05) is 5.32 Å². The SMILES string of the molecule is Cn1cc(C(=O)Nc2cc(C#N)ccc2Cl)cn1. The number of nitrogens with zero attached hydrogens (tertiary/aromatic N) is 3. The Bertz CT molecular complexity index is 642. The fraction of sp³-hybridized carbons (Fsp3) is 0.0833. The maximum atomic E-state index is 11.9. The van der Waals surface area contributed by atoms with Crippen molar-refractivity contribution in [1.29, 1.82) is 5.26 Å². The number of hydrogen-bond donors (Lipinski definition) is 1. The van der Waals surface area contributed by atoms with Crippen molar-refractivity contribution in [3.63, 3.8) is 0 Å². The summed E-state index contributed by atoms with van der Waals surface area (Å²) in [5.74, 6) is -0.319. The van der Waals surface area contributed by atoms with Gasteiger partial charge in [0.05, 0.1) is 34.1 Å². The van der Waals surface area contributed by atoms with E-state index in [4.69, 9.17) is 16.9 Å². The molecule has 0 unspecified atom stereocenters. The van der Waals surface area contributed by atoms with Crippen LogP contribution < -0.4 is 5.32 Å². The maximum Gasteiger partial charge on any atom is 0.258 e. The van der Waals surface area contributed by atoms with E-state index in [1.807, 2.05) is 6.07 Å². The fourth-order valence-electron chi connectivity index (χ4n) is 1.42. The average Bonchev–Trinajstić information content (AvgIpc) is 2.79. The summed E-state index contributed by atoms with van der Waals surface area (Å²) in [6.07, 6.45) is 3.05. The topological polar surface area (TPSA) is 70.7 Å². The van der Waals surface area contributed by atoms with Gasteiger partial charge in [0, 0.05) is 13.2 Å². The van der Waals surface area contributed by atoms with Crippen LogP contribution in [0.3, 0.4) is 0 Å². The number of nitrogens with one attached hydrogen (secondary N) is 1. The zero-order chi connectivity index (χ0) is 13.1. The standard InChI is InChI=1S/C12H9ClN4O/c1-17-7-9(6-15-17)12(18)16-11-4-8(5-14)2-3-10(11)13/h2-4,6-7H,1H3,(H,16,18). The molecule has 2 rings (SSSR count). The van der Waals surface area contributed by atoms with Gasteiger partial charge in [0.15, 0.2) is 0 Å². The first-order valence-corrected chi connectivity index (χ1v) is 5.47. The molecule has 6 heteroatoms. The van der Waals surface area contributed by atoms with Crippen LogP contribution in [0.1, 0.15) is 15.9 Å². The lowest BCUT2D eigenvalue weighted by atomic mass is 10.2. The largest absolute Gasteiger partial charge is 0.320 e. The number of halogens is 1. The summed E-state index contributed by atoms with van der Waals surface area (Å²) < 4.78 is 1.53. The highest BCUT2D eigenvalue weighted by atomic mass is 35.5. The summed E-state index contributed by atoms with van der Waals surface area (Å²) in [6, 6.07) is 6.66. The van der Waals surface area contributed by atoms with E-state index in [2.05, 4.69) is 10.4 Å². The number of amides is 1. The van der Waals surface area contributed by atoms with Crippen LogP contribution in [0.4, 0.5) is 5.69 Å². The van der Waals surface area contributed by atoms with Crippen LogP contribution in [-0.2, 0) is 7.05 Å². The molecule has 5 nitrogen and oxygen atoms in total. The minimum Gasteiger partial charge on any atom is -0.320 e. The van der Waals surface area contributed by atoms with Gasteiger partial charge in [0.1, 0.15) is 0 Å². The van der Waals surface area contributed by atoms with Gasteiger partial charge in [-0.2, -0.15) is 10.4 Å². The van der Waals surface area contributed by atoms with E-state index in [1.54, 1.807) is 25.4 Å². The Kier molecular flexibility index (Phi) is 3.31. The third-order valence-electron chi connectivity index (χ3n) is 2.31. The summed E-state index contributed by atoms with van der Waals surface area (Å²) in [5.41, 5.74) is 1.27. The fourth-order valence-corrected chi connectivity index (χ4v) is 1.59. The molecular formula is C12H9ClN4O. The van der Waals surface area contributed by atoms with Gasteiger partial charge in [0.2, 0.25) is 0 Å². The molecule has 0 spiro atoms. The van der Waals surface area contributed by atoms with Gasteiger partial charge in [-0.1, -0.05) is 11.6 Å². The third-order valence-corrected chi connectivity index (χ3v) is 2.64. The molecule has 1 amide bonds. The highest BCUT2D eigenvalue weighted by Gasteiger charge is 2.10. The summed E-state index contributed by atoms with van der Waals surface area (Å²) in [4.78, 5) is 11.9. The minimum absolute atomic E-state index is 0.319. The molecule has 0 aliphatic rings. The molecule has 1 aromatic carbocycles. The normalized spacial score (nSPS) is 9.83. The summed E-state index contributed by atoms with van der Waals surface area (Å²) in [5, 5.41) is 15.7. The molecule has 18 heavy (non-hydrogen) atoms. The molecule has 0 atom stereocenters. The summed E-state index contributed by atoms with van der Waals surface area (Å²) in [7, 11) is 1.72. The molecule has 1 heterocycles. The zero-order valence-corrected chi connectivity index (χ0v) is 10.3. The number of carbonyl (C=O) groups excluding carboxylic acids is 1. The second-order valence-corrected chi connectivity index (χ2v) is 4.07. The number of carbonyl (C=O) groups is 1. The van der Waals surface area contributed by atoms with Gasteiger partial charge in [-0.25, -0.2) is 0 Å². The predicted molar refractivity (Wildman–Crippen MR) is 67.3 cm³/mol. The summed E-state index contributed by atoms with van der Waals surface area (Å²) >= 11 is 5.94. The van der Waals surface area contributed by atoms with Crippen LogP contribution >= 0.6 is 11.6 Å². The van der Waals surface area contributed by atoms with E-state index >= 15 is 0 Å². The first-order chi connectivity index (χ1) is 8.60. The van der Waals surface area contributed by atoms with Gasteiger partial charge in [-0.15, -0.1) is 0 Å². The summed E-state index contributed by atoms with van der Waals surface area (Å²) in [6.45, 7) is 0. The molecular weight excluding hydrogens is 252 g/mol. The number of rotatable bonds is 2. The van der Waals surface area contributed by atoms with Crippen LogP contribution in [0, 0.1) is 11.3 Å². The van der Waals surface area contributed by atoms with Gasteiger partial charge in [0.25, 0.3) is 5.91 Å². The lowest BCUT2D eigenvalue weighted by Gasteiger charge is -2.06. The van der Waals surface area contributed by atoms with Crippen molar-refractivity contribution in [2.45, 2.75) is 0 Å². The lowest BCUT2D eigenvalue weighted by molar-refractivity contribution is 0.102. The molecule has 1 N–H and O–H groups in total. The molecule has 90 valence electrons. The average molecular weight is 261 g/mol. The van der Waals surface area contributed by atoms with Crippen LogP contribution in [0.5, 0.6) is 0 Å². The molecule has 0 radical (unpaired) electrons. The van der Waals surface area contributed by atoms with E-state index in [-0.39, 0.29) is 5.91 Å². The Labute approximate surface area is 109 Å². The van der Waals surface area contributed by atoms with Crippen molar-refractivity contribution in [2.24, 2.45) is 7.05 Å². The van der Waals surface area contributed by atoms with Gasteiger partial charge in [-0.05, 0) is 18.2 Å². The molecule has 0 aliphatic heterocycles. The van der Waals surface area contributed by atoms with Crippen molar-refractivity contribution in [1.82, 2.24) is 9.78 Å². The molecule has 0 saturated heterocycles. The number of nitriles is 1. The van der Waals surface area contributed by atoms with Gasteiger partial charge >= 0.3 is 0 Å². The molecule has 0 saturated carbocycles. The predicted octanol–water partition coefficient (Wildman–Crippen LogP) is 2.20. The number of hydrogen-bond acceptors (Lipinski definition) is 3. The number of benzene rings is 1. The van der Waals surface area contributed by atoms with Crippen molar-refractivity contribution < 1.29 is 4.79 Å². The number of aryl methyl sites for hydroxylation is 1. The van der Waals surface area contributed by atoms with Crippen LogP contribution in [-0.4, -0.2) is 15.7 Å². The maximum absolute atomic E-state index is 11.9. The molecule has 1 aromatic heterocycles. The van der Waals surface area contributed by atoms with E-state index in [0.717, 1.165) is 0 Å². The zero-order valence-electron chi connectivity index (χ0n) is 9.51. The number of aromatic nitrogens is 2. The molecule has 0 aliphatic carbocycles. The minimum atomic E-state index is -0.319. The molecule has 2 aromatic rings. The Morgan fingerprint density at radius 1 is 1.56 bits per heavy atom. The van der Waals surface area contributed by atoms with Crippen molar-refractivity contribution in [3.8, 4) is 6.07 Å². The lowest BCUT2D eigenvalue weighted by Crippen LogP contribution is -2.11. The highest BCUT2D eigenvalue weighted by Crippen LogP contribution is 2.23. The first-order valence-electron chi connectivity index (χ1n) is 5.10. The van der Waals surface area contributed by atoms with E-state index in [1.165, 1.54) is 16.9 Å². The van der Waals surface area contributed by atoms with Crippen LogP contribution in [0.25, 0.3) is 0 Å². The van der Waals surface area contributed by atoms with E-state index < -0.39 is 0 Å². The van der Waals surface area contributed by atoms with E-state index in [0.29, 0.717) is 21.8 Å². The number of anilines is 1. The Morgan fingerprint density at radius 3 is 2.94 bits per heavy atom. The Hall–Kier alpha value is -2.32. The van der Waals surface area contributed by atoms with Crippen LogP contribution in [0.15, 0.2) is 30.6 Å². The van der Waals surface area contributed by atoms with Gasteiger partial charge in [-0.3, -0.25) is 9.48 Å². The van der Waals surface area contributed by atoms with Crippen molar-refractivity contribution in [3.05, 3.63) is 46.7 Å². The highest BCUT2D eigenvalue weighted by molar-refractivity contribution is 6.34. The smallest absolute Gasteiger partial charge is 0.258 e. The quantitative estimate of drug-likeness (QED) is 0.900. The Morgan fingerprint density at radius 2 is 2.33 bits per heavy atom. The Balaban J connectivity index is 2.24. The van der Waals surface area contributed by atoms with E-state index in [9.17, 15) is 4.79 Å². The third kappa shape index (κ3) is 2.50. The second-order valence-electron chi connectivity index (χ2n) is 3.66. The molecule has 0 fully saturated rings.